The van der Waals surface area contributed by atoms with Gasteiger partial charge in [0.25, 0.3) is 0 Å². The van der Waals surface area contributed by atoms with Gasteiger partial charge in [-0.15, -0.1) is 0 Å². The number of carbonyl (C=O) groups is 3. The van der Waals surface area contributed by atoms with Crippen LogP contribution in [0.1, 0.15) is 44.0 Å². The van der Waals surface area contributed by atoms with Crippen molar-refractivity contribution in [2.24, 2.45) is 17.3 Å². The van der Waals surface area contributed by atoms with Gasteiger partial charge in [-0.1, -0.05) is 0 Å². The molecule has 1 aromatic rings. The van der Waals surface area contributed by atoms with Crippen molar-refractivity contribution in [2.45, 2.75) is 66.9 Å². The molecular formula is C24H29IO10. The van der Waals surface area contributed by atoms with E-state index in [4.69, 9.17) is 28.1 Å². The van der Waals surface area contributed by atoms with E-state index < -0.39 is 76.4 Å². The molecule has 6 rings (SSSR count). The summed E-state index contributed by atoms with van der Waals surface area (Å²) >= 11 is -2.81. The second-order valence-electron chi connectivity index (χ2n) is 10.6. The molecule has 1 aromatic heterocycles. The van der Waals surface area contributed by atoms with Crippen molar-refractivity contribution in [1.29, 1.82) is 0 Å². The summed E-state index contributed by atoms with van der Waals surface area (Å²) in [5.41, 5.74) is -1.57. The van der Waals surface area contributed by atoms with Gasteiger partial charge in [-0.25, -0.2) is 0 Å². The molecular weight excluding hydrogens is 575 g/mol. The van der Waals surface area contributed by atoms with Gasteiger partial charge in [-0.3, -0.25) is 0 Å². The number of ether oxygens (including phenoxy) is 5. The van der Waals surface area contributed by atoms with Crippen molar-refractivity contribution in [2.75, 3.05) is 18.1 Å². The van der Waals surface area contributed by atoms with Gasteiger partial charge in [-0.2, -0.15) is 0 Å². The Balaban J connectivity index is 1.48. The number of alkyl halides is 2. The van der Waals surface area contributed by atoms with Crippen LogP contribution in [-0.4, -0.2) is 72.3 Å². The summed E-state index contributed by atoms with van der Waals surface area (Å²) in [6, 6.07) is 1.62. The third-order valence-corrected chi connectivity index (χ3v) is 16.1. The maximum atomic E-state index is 13.8. The van der Waals surface area contributed by atoms with E-state index in [-0.39, 0.29) is 22.7 Å². The van der Waals surface area contributed by atoms with Gasteiger partial charge < -0.3 is 0 Å². The molecule has 10 nitrogen and oxygen atoms in total. The molecule has 0 radical (unpaired) electrons. The molecule has 0 aromatic carbocycles. The van der Waals surface area contributed by atoms with Crippen LogP contribution in [0, 0.1) is 17.3 Å². The molecule has 0 bridgehead atoms. The Labute approximate surface area is 209 Å². The summed E-state index contributed by atoms with van der Waals surface area (Å²) < 4.78 is 34.4. The predicted molar refractivity (Wildman–Crippen MR) is 126 cm³/mol. The molecule has 6 heterocycles. The molecule has 1 N–H and O–H groups in total. The van der Waals surface area contributed by atoms with Crippen molar-refractivity contribution in [3.05, 3.63) is 24.2 Å². The fourth-order valence-corrected chi connectivity index (χ4v) is 15.1. The van der Waals surface area contributed by atoms with Gasteiger partial charge >= 0.3 is 210 Å². The molecule has 5 aliphatic heterocycles. The summed E-state index contributed by atoms with van der Waals surface area (Å²) in [7, 11) is 1.29. The standard InChI is InChI=1S/C24H29IO10/c1-21(2)16-14(9-15(26)34-21)33-24(17(16)27)22(3)13(11-32-24)5-7-25(19(28)12-6-8-31-10-12)23(22)18(35-23)20(29)30-4/h6,8,10,13-14,16-18,27H,5,7,9,11H2,1-4H3/t13?,14?,16?,17?,18?,22?,23-,24?/m1/s1. The van der Waals surface area contributed by atoms with Gasteiger partial charge in [0.05, 0.1) is 0 Å². The SMILES string of the molecule is COC(=O)C1O[C@]12I(C(=O)c1ccoc1)CCC1COC3(OC4CC(=O)OC(C)(C)C4C3O)C12C. The first-order chi connectivity index (χ1) is 16.5. The molecule has 7 unspecified atom stereocenters. The fourth-order valence-electron chi connectivity index (χ4n) is 6.99. The van der Waals surface area contributed by atoms with Crippen LogP contribution in [0.2, 0.25) is 0 Å². The molecule has 0 aliphatic carbocycles. The van der Waals surface area contributed by atoms with E-state index in [9.17, 15) is 19.5 Å². The van der Waals surface area contributed by atoms with E-state index in [1.54, 1.807) is 19.9 Å². The normalized spacial score (nSPS) is 46.3. The van der Waals surface area contributed by atoms with Crippen LogP contribution in [0.3, 0.4) is 0 Å². The molecule has 5 saturated heterocycles. The predicted octanol–water partition coefficient (Wildman–Crippen LogP) is 2.05. The quantitative estimate of drug-likeness (QED) is 0.180. The number of carbonyl (C=O) groups excluding carboxylic acids is 3. The zero-order valence-electron chi connectivity index (χ0n) is 19.9. The van der Waals surface area contributed by atoms with Crippen molar-refractivity contribution in [3.8, 4) is 0 Å². The number of aliphatic hydroxyl groups excluding tert-OH is 1. The summed E-state index contributed by atoms with van der Waals surface area (Å²) in [5, 5.41) is 11.9. The summed E-state index contributed by atoms with van der Waals surface area (Å²) in [6.07, 6.45) is 0.785. The van der Waals surface area contributed by atoms with Gasteiger partial charge in [0.15, 0.2) is 0 Å². The van der Waals surface area contributed by atoms with Gasteiger partial charge in [0.2, 0.25) is 0 Å². The number of hydrogen-bond donors (Lipinski definition) is 1. The van der Waals surface area contributed by atoms with Gasteiger partial charge in [0, 0.05) is 0 Å². The van der Waals surface area contributed by atoms with Crippen molar-refractivity contribution in [1.82, 2.24) is 0 Å². The number of esters is 2. The van der Waals surface area contributed by atoms with Crippen molar-refractivity contribution < 1.29 is 47.6 Å². The Hall–Kier alpha value is -1.54. The van der Waals surface area contributed by atoms with Crippen molar-refractivity contribution in [3.63, 3.8) is 0 Å². The first-order valence-corrected chi connectivity index (χ1v) is 15.4. The van der Waals surface area contributed by atoms with Crippen LogP contribution < -0.4 is 0 Å². The van der Waals surface area contributed by atoms with E-state index in [0.29, 0.717) is 16.4 Å². The third kappa shape index (κ3) is 2.81. The average molecular weight is 604 g/mol. The summed E-state index contributed by atoms with van der Waals surface area (Å²) in [5.74, 6) is -3.19. The topological polar surface area (TPSA) is 134 Å². The fraction of sp³-hybridized carbons (Fsp3) is 0.708. The number of hydrogen-bond acceptors (Lipinski definition) is 10. The molecule has 5 aliphatic rings. The zero-order chi connectivity index (χ0) is 25.0. The Morgan fingerprint density at radius 3 is 2.69 bits per heavy atom. The van der Waals surface area contributed by atoms with E-state index in [1.165, 1.54) is 19.6 Å². The summed E-state index contributed by atoms with van der Waals surface area (Å²) in [4.78, 5) is 38.9. The minimum atomic E-state index is -2.81. The Kier molecular flexibility index (Phi) is 5.11. The molecule has 0 amide bonds. The van der Waals surface area contributed by atoms with E-state index in [0.717, 1.165) is 0 Å². The Bertz CT molecular complexity index is 1090. The zero-order valence-corrected chi connectivity index (χ0v) is 22.1. The van der Waals surface area contributed by atoms with Gasteiger partial charge in [0.1, 0.15) is 0 Å². The molecule has 5 fully saturated rings. The second-order valence-corrected chi connectivity index (χ2v) is 16.3. The van der Waals surface area contributed by atoms with Crippen molar-refractivity contribution >= 4 is 35.5 Å². The second kappa shape index (κ2) is 7.50. The van der Waals surface area contributed by atoms with Crippen LogP contribution in [-0.2, 0) is 33.3 Å². The number of halogens is 1. The van der Waals surface area contributed by atoms with E-state index >= 15 is 0 Å². The Morgan fingerprint density at radius 2 is 2.00 bits per heavy atom. The molecule has 8 atom stereocenters. The number of epoxide rings is 1. The van der Waals surface area contributed by atoms with Crippen LogP contribution in [0.4, 0.5) is 0 Å². The maximum absolute atomic E-state index is 13.8. The van der Waals surface area contributed by atoms with Crippen LogP contribution >= 0.6 is 19.8 Å². The van der Waals surface area contributed by atoms with E-state index in [1.807, 2.05) is 6.92 Å². The summed E-state index contributed by atoms with van der Waals surface area (Å²) in [6.45, 7) is 5.71. The molecule has 192 valence electrons. The number of methoxy groups -OCH3 is 1. The molecule has 35 heavy (non-hydrogen) atoms. The van der Waals surface area contributed by atoms with Crippen LogP contribution in [0.15, 0.2) is 23.0 Å². The average Bonchev–Trinajstić information content (AvgIpc) is 3.09. The monoisotopic (exact) mass is 604 g/mol. The first-order valence-electron chi connectivity index (χ1n) is 11.7. The third-order valence-electron chi connectivity index (χ3n) is 8.68. The number of aliphatic hydroxyl groups is 1. The minimum absolute atomic E-state index is 0.0123. The number of fused-ring (bicyclic) bond motifs is 4. The van der Waals surface area contributed by atoms with E-state index in [2.05, 4.69) is 0 Å². The first kappa shape index (κ1) is 23.8. The molecule has 11 heteroatoms. The number of rotatable bonds is 3. The van der Waals surface area contributed by atoms with Gasteiger partial charge in [-0.05, 0) is 0 Å². The number of cyclic esters (lactones) is 1. The van der Waals surface area contributed by atoms with Crippen LogP contribution in [0.5, 0.6) is 0 Å². The molecule has 2 spiro atoms. The van der Waals surface area contributed by atoms with Crippen LogP contribution in [0.25, 0.3) is 0 Å². The molecule has 0 saturated carbocycles. The number of furan rings is 1. The Morgan fingerprint density at radius 1 is 1.23 bits per heavy atom.